The van der Waals surface area contributed by atoms with Gasteiger partial charge in [0.2, 0.25) is 5.91 Å². The maximum atomic E-state index is 12.3. The molecule has 2 aliphatic heterocycles. The van der Waals surface area contributed by atoms with Gasteiger partial charge in [0.05, 0.1) is 5.69 Å². The van der Waals surface area contributed by atoms with Gasteiger partial charge >= 0.3 is 0 Å². The van der Waals surface area contributed by atoms with Crippen LogP contribution in [0.25, 0.3) is 0 Å². The summed E-state index contributed by atoms with van der Waals surface area (Å²) in [5.74, 6) is 1.57. The Hall–Kier alpha value is -1.53. The van der Waals surface area contributed by atoms with Gasteiger partial charge in [-0.05, 0) is 63.0 Å². The summed E-state index contributed by atoms with van der Waals surface area (Å²) in [6.07, 6.45) is 4.05. The van der Waals surface area contributed by atoms with Crippen LogP contribution in [0.3, 0.4) is 0 Å². The molecule has 3 rings (SSSR count). The lowest BCUT2D eigenvalue weighted by Crippen LogP contribution is -2.35. The molecule has 0 aromatic heterocycles. The number of likely N-dealkylation sites (tertiary alicyclic amines) is 1. The second-order valence-electron chi connectivity index (χ2n) is 6.99. The Morgan fingerprint density at radius 2 is 2.16 bits per heavy atom. The lowest BCUT2D eigenvalue weighted by atomic mass is 9.99. The van der Waals surface area contributed by atoms with E-state index in [1.54, 1.807) is 17.8 Å². The summed E-state index contributed by atoms with van der Waals surface area (Å²) in [6.45, 7) is 6.40. The molecular formula is C19H27N3O2S. The number of piperidine rings is 1. The van der Waals surface area contributed by atoms with Crippen LogP contribution in [-0.4, -0.2) is 48.6 Å². The van der Waals surface area contributed by atoms with Crippen LogP contribution in [0.15, 0.2) is 23.1 Å². The molecule has 0 atom stereocenters. The van der Waals surface area contributed by atoms with Crippen molar-refractivity contribution in [1.82, 2.24) is 10.2 Å². The number of nitrogens with zero attached hydrogens (tertiary/aromatic N) is 1. The lowest BCUT2D eigenvalue weighted by Gasteiger charge is -2.30. The molecule has 0 aliphatic carbocycles. The fraction of sp³-hybridized carbons (Fsp3) is 0.579. The Morgan fingerprint density at radius 1 is 1.36 bits per heavy atom. The van der Waals surface area contributed by atoms with E-state index in [0.29, 0.717) is 18.5 Å². The number of hydrogen-bond acceptors (Lipinski definition) is 4. The van der Waals surface area contributed by atoms with Crippen LogP contribution < -0.4 is 10.6 Å². The number of amides is 2. The molecule has 2 N–H and O–H groups in total. The van der Waals surface area contributed by atoms with Gasteiger partial charge in [-0.25, -0.2) is 0 Å². The molecule has 0 spiro atoms. The van der Waals surface area contributed by atoms with Gasteiger partial charge in [0.25, 0.3) is 5.91 Å². The fourth-order valence-electron chi connectivity index (χ4n) is 3.25. The normalized spacial score (nSPS) is 19.0. The van der Waals surface area contributed by atoms with Crippen molar-refractivity contribution >= 4 is 29.3 Å². The predicted molar refractivity (Wildman–Crippen MR) is 102 cm³/mol. The highest BCUT2D eigenvalue weighted by molar-refractivity contribution is 7.99. The topological polar surface area (TPSA) is 61.4 Å². The number of fused-ring (bicyclic) bond motifs is 1. The molecule has 2 amide bonds. The second-order valence-corrected chi connectivity index (χ2v) is 8.13. The van der Waals surface area contributed by atoms with Gasteiger partial charge in [-0.1, -0.05) is 6.92 Å². The van der Waals surface area contributed by atoms with Crippen molar-refractivity contribution in [3.63, 3.8) is 0 Å². The molecular weight excluding hydrogens is 334 g/mol. The molecule has 1 aromatic carbocycles. The number of nitrogens with one attached hydrogen (secondary N) is 2. The zero-order valence-electron chi connectivity index (χ0n) is 14.8. The van der Waals surface area contributed by atoms with Crippen LogP contribution in [0, 0.1) is 5.92 Å². The Bertz CT molecular complexity index is 627. The number of rotatable bonds is 5. The van der Waals surface area contributed by atoms with E-state index < -0.39 is 0 Å². The summed E-state index contributed by atoms with van der Waals surface area (Å²) in [7, 11) is 0. The molecule has 1 fully saturated rings. The van der Waals surface area contributed by atoms with Gasteiger partial charge in [0.15, 0.2) is 0 Å². The van der Waals surface area contributed by atoms with E-state index in [0.717, 1.165) is 35.2 Å². The summed E-state index contributed by atoms with van der Waals surface area (Å²) in [5.41, 5.74) is 1.36. The summed E-state index contributed by atoms with van der Waals surface area (Å²) >= 11 is 1.65. The first-order chi connectivity index (χ1) is 12.1. The van der Waals surface area contributed by atoms with E-state index in [9.17, 15) is 9.59 Å². The highest BCUT2D eigenvalue weighted by Crippen LogP contribution is 2.31. The summed E-state index contributed by atoms with van der Waals surface area (Å²) in [4.78, 5) is 27.5. The standard InChI is InChI=1S/C19H27N3O2S/c1-14-5-10-22(11-6-14)9-2-8-20-19(24)15-3-4-17-16(13-15)21-18(23)7-12-25-17/h3-4,13-14H,2,5-12H2,1H3,(H,20,24)(H,21,23). The number of anilines is 1. The zero-order valence-corrected chi connectivity index (χ0v) is 15.7. The number of thioether (sulfide) groups is 1. The largest absolute Gasteiger partial charge is 0.352 e. The van der Waals surface area contributed by atoms with Gasteiger partial charge in [-0.2, -0.15) is 0 Å². The molecule has 5 nitrogen and oxygen atoms in total. The summed E-state index contributed by atoms with van der Waals surface area (Å²) in [5, 5.41) is 5.88. The smallest absolute Gasteiger partial charge is 0.251 e. The van der Waals surface area contributed by atoms with Gasteiger partial charge in [0, 0.05) is 29.2 Å². The van der Waals surface area contributed by atoms with Crippen molar-refractivity contribution in [2.24, 2.45) is 5.92 Å². The van der Waals surface area contributed by atoms with Crippen molar-refractivity contribution in [3.05, 3.63) is 23.8 Å². The first-order valence-electron chi connectivity index (χ1n) is 9.19. The van der Waals surface area contributed by atoms with Crippen LogP contribution in [0.1, 0.15) is 43.0 Å². The Kier molecular flexibility index (Phi) is 6.37. The molecule has 25 heavy (non-hydrogen) atoms. The number of carbonyl (C=O) groups excluding carboxylic acids is 2. The minimum Gasteiger partial charge on any atom is -0.352 e. The van der Waals surface area contributed by atoms with Crippen molar-refractivity contribution in [1.29, 1.82) is 0 Å². The van der Waals surface area contributed by atoms with Gasteiger partial charge in [-0.15, -0.1) is 11.8 Å². The molecule has 2 heterocycles. The zero-order chi connectivity index (χ0) is 17.6. The van der Waals surface area contributed by atoms with Gasteiger partial charge in [-0.3, -0.25) is 9.59 Å². The quantitative estimate of drug-likeness (QED) is 0.792. The van der Waals surface area contributed by atoms with Gasteiger partial charge in [0.1, 0.15) is 0 Å². The molecule has 1 saturated heterocycles. The first-order valence-corrected chi connectivity index (χ1v) is 10.2. The van der Waals surface area contributed by atoms with E-state index in [4.69, 9.17) is 0 Å². The maximum absolute atomic E-state index is 12.3. The first kappa shape index (κ1) is 18.3. The molecule has 0 saturated carbocycles. The van der Waals surface area contributed by atoms with Crippen LogP contribution in [0.2, 0.25) is 0 Å². The maximum Gasteiger partial charge on any atom is 0.251 e. The fourth-order valence-corrected chi connectivity index (χ4v) is 4.19. The second kappa shape index (κ2) is 8.72. The van der Waals surface area contributed by atoms with Crippen molar-refractivity contribution in [3.8, 4) is 0 Å². The molecule has 0 unspecified atom stereocenters. The number of carbonyl (C=O) groups is 2. The van der Waals surface area contributed by atoms with E-state index >= 15 is 0 Å². The van der Waals surface area contributed by atoms with Crippen molar-refractivity contribution in [2.75, 3.05) is 37.2 Å². The van der Waals surface area contributed by atoms with Crippen LogP contribution in [-0.2, 0) is 4.79 Å². The van der Waals surface area contributed by atoms with Crippen LogP contribution >= 0.6 is 11.8 Å². The summed E-state index contributed by atoms with van der Waals surface area (Å²) in [6, 6.07) is 5.55. The summed E-state index contributed by atoms with van der Waals surface area (Å²) < 4.78 is 0. The SMILES string of the molecule is CC1CCN(CCCNC(=O)c2ccc3c(c2)NC(=O)CCS3)CC1. The average molecular weight is 362 g/mol. The van der Waals surface area contributed by atoms with Crippen LogP contribution in [0.5, 0.6) is 0 Å². The number of hydrogen-bond donors (Lipinski definition) is 2. The molecule has 0 bridgehead atoms. The molecule has 136 valence electrons. The molecule has 0 radical (unpaired) electrons. The molecule has 2 aliphatic rings. The van der Waals surface area contributed by atoms with Crippen LogP contribution in [0.4, 0.5) is 5.69 Å². The van der Waals surface area contributed by atoms with E-state index in [1.165, 1.54) is 25.9 Å². The van der Waals surface area contributed by atoms with Gasteiger partial charge < -0.3 is 15.5 Å². The van der Waals surface area contributed by atoms with E-state index in [-0.39, 0.29) is 11.8 Å². The third-order valence-electron chi connectivity index (χ3n) is 4.92. The Balaban J connectivity index is 1.46. The Labute approximate surface area is 153 Å². The third-order valence-corrected chi connectivity index (χ3v) is 5.99. The highest BCUT2D eigenvalue weighted by Gasteiger charge is 2.17. The van der Waals surface area contributed by atoms with Crippen molar-refractivity contribution in [2.45, 2.75) is 37.5 Å². The van der Waals surface area contributed by atoms with E-state index in [2.05, 4.69) is 22.5 Å². The average Bonchev–Trinajstić information content (AvgIpc) is 2.79. The van der Waals surface area contributed by atoms with E-state index in [1.807, 2.05) is 12.1 Å². The number of benzene rings is 1. The van der Waals surface area contributed by atoms with Crippen molar-refractivity contribution < 1.29 is 9.59 Å². The highest BCUT2D eigenvalue weighted by atomic mass is 32.2. The molecule has 1 aromatic rings. The predicted octanol–water partition coefficient (Wildman–Crippen LogP) is 2.97. The molecule has 6 heteroatoms. The minimum atomic E-state index is -0.0708. The third kappa shape index (κ3) is 5.22. The minimum absolute atomic E-state index is 0.0136. The monoisotopic (exact) mass is 361 g/mol. The Morgan fingerprint density at radius 3 is 2.96 bits per heavy atom. The lowest BCUT2D eigenvalue weighted by molar-refractivity contribution is -0.115.